The fourth-order valence-electron chi connectivity index (χ4n) is 0.811. The normalized spacial score (nSPS) is 29.5. The van der Waals surface area contributed by atoms with Gasteiger partial charge in [0.25, 0.3) is 0 Å². The van der Waals surface area contributed by atoms with E-state index in [0.29, 0.717) is 0 Å². The zero-order valence-electron chi connectivity index (χ0n) is 6.26. The summed E-state index contributed by atoms with van der Waals surface area (Å²) >= 11 is 0. The largest absolute Gasteiger partial charge is 0.557 e. The number of rotatable bonds is 3. The van der Waals surface area contributed by atoms with Crippen molar-refractivity contribution >= 4 is 14.2 Å². The first-order valence-corrected chi connectivity index (χ1v) is 4.97. The van der Waals surface area contributed by atoms with Crippen molar-refractivity contribution < 1.29 is 23.4 Å². The van der Waals surface area contributed by atoms with E-state index in [2.05, 4.69) is 9.47 Å². The summed E-state index contributed by atoms with van der Waals surface area (Å²) in [5, 5.41) is 0. The first-order valence-electron chi connectivity index (χ1n) is 3.72. The van der Waals surface area contributed by atoms with E-state index < -0.39 is 20.0 Å². The Morgan fingerprint density at radius 1 is 1.50 bits per heavy atom. The van der Waals surface area contributed by atoms with Crippen molar-refractivity contribution in [3.63, 3.8) is 0 Å². The standard InChI is InChI=1S/C6H8O5P/c7-6-9-3-5(10-6)12(8)11-4-1-2-4/h4-5H,1-3H2/q+1. The van der Waals surface area contributed by atoms with Gasteiger partial charge in [-0.2, -0.15) is 0 Å². The van der Waals surface area contributed by atoms with Crippen LogP contribution in [0.15, 0.2) is 0 Å². The smallest absolute Gasteiger partial charge is 0.425 e. The SMILES string of the molecule is O=C1OCC([P+](=O)OC2CC2)O1. The van der Waals surface area contributed by atoms with E-state index in [-0.39, 0.29) is 12.7 Å². The van der Waals surface area contributed by atoms with Crippen LogP contribution in [0.2, 0.25) is 0 Å². The average molecular weight is 191 g/mol. The highest BCUT2D eigenvalue weighted by atomic mass is 31.1. The molecule has 0 aromatic carbocycles. The maximum atomic E-state index is 11.2. The van der Waals surface area contributed by atoms with Gasteiger partial charge < -0.3 is 9.47 Å². The second-order valence-corrected chi connectivity index (χ2v) is 4.08. The van der Waals surface area contributed by atoms with E-state index >= 15 is 0 Å². The van der Waals surface area contributed by atoms with E-state index in [4.69, 9.17) is 4.52 Å². The molecule has 0 bridgehead atoms. The molecule has 2 fully saturated rings. The fourth-order valence-corrected chi connectivity index (χ4v) is 1.82. The lowest BCUT2D eigenvalue weighted by molar-refractivity contribution is 0.126. The molecule has 0 N–H and O–H groups in total. The molecule has 0 aromatic heterocycles. The van der Waals surface area contributed by atoms with E-state index in [1.165, 1.54) is 0 Å². The van der Waals surface area contributed by atoms with Crippen LogP contribution in [0.5, 0.6) is 0 Å². The van der Waals surface area contributed by atoms with Gasteiger partial charge in [0.1, 0.15) is 6.10 Å². The van der Waals surface area contributed by atoms with Crippen LogP contribution in [0.25, 0.3) is 0 Å². The van der Waals surface area contributed by atoms with Gasteiger partial charge in [0.15, 0.2) is 6.61 Å². The molecule has 0 radical (unpaired) electrons. The molecule has 2 aliphatic rings. The summed E-state index contributed by atoms with van der Waals surface area (Å²) in [5.74, 6) is -0.701. The second kappa shape index (κ2) is 2.99. The maximum Gasteiger partial charge on any atom is 0.557 e. The van der Waals surface area contributed by atoms with Crippen LogP contribution in [-0.4, -0.2) is 24.7 Å². The lowest BCUT2D eigenvalue weighted by Crippen LogP contribution is -2.05. The monoisotopic (exact) mass is 191 g/mol. The molecule has 2 unspecified atom stereocenters. The zero-order chi connectivity index (χ0) is 8.55. The Kier molecular flexibility index (Phi) is 1.98. The molecule has 12 heavy (non-hydrogen) atoms. The molecule has 1 aliphatic carbocycles. The van der Waals surface area contributed by atoms with Crippen LogP contribution < -0.4 is 0 Å². The number of cyclic esters (lactones) is 2. The summed E-state index contributed by atoms with van der Waals surface area (Å²) in [5.41, 5.74) is 0. The second-order valence-electron chi connectivity index (χ2n) is 2.72. The summed E-state index contributed by atoms with van der Waals surface area (Å²) in [6, 6.07) is 0. The third kappa shape index (κ3) is 1.73. The van der Waals surface area contributed by atoms with E-state index in [9.17, 15) is 9.36 Å². The molecular weight excluding hydrogens is 183 g/mol. The van der Waals surface area contributed by atoms with Gasteiger partial charge in [0.2, 0.25) is 0 Å². The van der Waals surface area contributed by atoms with Gasteiger partial charge in [-0.05, 0) is 17.4 Å². The molecule has 2 rings (SSSR count). The van der Waals surface area contributed by atoms with Crippen molar-refractivity contribution in [2.24, 2.45) is 0 Å². The fraction of sp³-hybridized carbons (Fsp3) is 0.833. The van der Waals surface area contributed by atoms with Crippen LogP contribution in [0.1, 0.15) is 12.8 Å². The quantitative estimate of drug-likeness (QED) is 0.498. The molecule has 66 valence electrons. The Morgan fingerprint density at radius 3 is 2.75 bits per heavy atom. The summed E-state index contributed by atoms with van der Waals surface area (Å²) < 4.78 is 25.3. The van der Waals surface area contributed by atoms with Gasteiger partial charge in [-0.15, -0.1) is 4.52 Å². The minimum Gasteiger partial charge on any atom is -0.425 e. The Balaban J connectivity index is 1.82. The van der Waals surface area contributed by atoms with Gasteiger partial charge in [0.05, 0.1) is 0 Å². The molecule has 1 saturated heterocycles. The highest BCUT2D eigenvalue weighted by molar-refractivity contribution is 7.39. The van der Waals surface area contributed by atoms with Crippen LogP contribution in [0.3, 0.4) is 0 Å². The number of carbonyl (C=O) groups is 1. The topological polar surface area (TPSA) is 61.8 Å². The van der Waals surface area contributed by atoms with Crippen molar-refractivity contribution in [2.75, 3.05) is 6.61 Å². The summed E-state index contributed by atoms with van der Waals surface area (Å²) in [4.78, 5) is 10.4. The van der Waals surface area contributed by atoms with Crippen LogP contribution in [0.4, 0.5) is 4.79 Å². The molecule has 1 heterocycles. The van der Waals surface area contributed by atoms with Crippen LogP contribution in [0, 0.1) is 0 Å². The van der Waals surface area contributed by atoms with Gasteiger partial charge in [-0.25, -0.2) is 4.79 Å². The van der Waals surface area contributed by atoms with Crippen LogP contribution >= 0.6 is 8.03 Å². The van der Waals surface area contributed by atoms with E-state index in [0.717, 1.165) is 12.8 Å². The first-order chi connectivity index (χ1) is 5.75. The molecule has 0 amide bonds. The molecule has 6 heteroatoms. The lowest BCUT2D eigenvalue weighted by Gasteiger charge is -1.90. The third-order valence-corrected chi connectivity index (χ3v) is 2.82. The summed E-state index contributed by atoms with van der Waals surface area (Å²) in [7, 11) is -1.90. The van der Waals surface area contributed by atoms with E-state index in [1.54, 1.807) is 0 Å². The van der Waals surface area contributed by atoms with Crippen molar-refractivity contribution in [1.29, 1.82) is 0 Å². The van der Waals surface area contributed by atoms with Crippen molar-refractivity contribution in [1.82, 2.24) is 0 Å². The molecule has 2 atom stereocenters. The lowest BCUT2D eigenvalue weighted by atomic mass is 10.8. The Bertz CT molecular complexity index is 224. The number of hydrogen-bond acceptors (Lipinski definition) is 5. The Morgan fingerprint density at radius 2 is 2.25 bits per heavy atom. The molecular formula is C6H8O5P+. The summed E-state index contributed by atoms with van der Waals surface area (Å²) in [6.45, 7) is 0.0424. The van der Waals surface area contributed by atoms with Crippen molar-refractivity contribution in [3.05, 3.63) is 0 Å². The molecule has 1 aliphatic heterocycles. The average Bonchev–Trinajstić information content (AvgIpc) is 2.72. The first kappa shape index (κ1) is 7.95. The maximum absolute atomic E-state index is 11.2. The third-order valence-electron chi connectivity index (χ3n) is 1.59. The van der Waals surface area contributed by atoms with Gasteiger partial charge in [-0.1, -0.05) is 0 Å². The highest BCUT2D eigenvalue weighted by Crippen LogP contribution is 2.40. The zero-order valence-corrected chi connectivity index (χ0v) is 7.16. The highest BCUT2D eigenvalue weighted by Gasteiger charge is 2.46. The number of carbonyl (C=O) groups excluding carboxylic acids is 1. The predicted molar refractivity (Wildman–Crippen MR) is 37.9 cm³/mol. The molecule has 0 aromatic rings. The van der Waals surface area contributed by atoms with Gasteiger partial charge in [0, 0.05) is 0 Å². The van der Waals surface area contributed by atoms with Crippen molar-refractivity contribution in [3.8, 4) is 0 Å². The summed E-state index contributed by atoms with van der Waals surface area (Å²) in [6.07, 6.45) is 1.24. The number of hydrogen-bond donors (Lipinski definition) is 0. The Labute approximate surface area is 69.8 Å². The minimum atomic E-state index is -1.90. The number of ether oxygens (including phenoxy) is 2. The van der Waals surface area contributed by atoms with E-state index in [1.807, 2.05) is 0 Å². The predicted octanol–water partition coefficient (Wildman–Crippen LogP) is 1.40. The molecule has 0 spiro atoms. The molecule has 1 saturated carbocycles. The van der Waals surface area contributed by atoms with Crippen molar-refractivity contribution in [2.45, 2.75) is 24.8 Å². The van der Waals surface area contributed by atoms with Gasteiger partial charge in [-0.3, -0.25) is 0 Å². The molecule has 5 nitrogen and oxygen atoms in total. The minimum absolute atomic E-state index is 0.0424. The Hall–Kier alpha value is -0.670. The van der Waals surface area contributed by atoms with Gasteiger partial charge >= 0.3 is 20.0 Å². The van der Waals surface area contributed by atoms with Crippen LogP contribution in [-0.2, 0) is 18.6 Å².